The summed E-state index contributed by atoms with van der Waals surface area (Å²) in [7, 11) is 0. The van der Waals surface area contributed by atoms with Gasteiger partial charge in [0.1, 0.15) is 0 Å². The molecule has 4 heteroatoms. The van der Waals surface area contributed by atoms with Crippen LogP contribution in [0.5, 0.6) is 0 Å². The molecule has 13 heavy (non-hydrogen) atoms. The van der Waals surface area contributed by atoms with E-state index >= 15 is 0 Å². The molecule has 0 spiro atoms. The Morgan fingerprint density at radius 2 is 1.92 bits per heavy atom. The molecule has 0 saturated carbocycles. The number of hydrogen-bond donors (Lipinski definition) is 1. The second-order valence-corrected chi connectivity index (χ2v) is 2.54. The Balaban J connectivity index is 0.00000144. The minimum absolute atomic E-state index is 0. The van der Waals surface area contributed by atoms with E-state index in [-0.39, 0.29) is 29.6 Å². The van der Waals surface area contributed by atoms with Crippen molar-refractivity contribution >= 4 is 35.5 Å². The van der Waals surface area contributed by atoms with E-state index < -0.39 is 11.9 Å². The topological polar surface area (TPSA) is 46.5 Å². The van der Waals surface area contributed by atoms with Crippen LogP contribution in [0.2, 0.25) is 0 Å². The minimum atomic E-state index is -0.638. The fourth-order valence-corrected chi connectivity index (χ4v) is 0.957. The molecule has 0 aliphatic rings. The molecule has 0 heterocycles. The third-order valence-corrected chi connectivity index (χ3v) is 1.74. The van der Waals surface area contributed by atoms with Crippen LogP contribution in [-0.2, 0) is 9.68 Å². The molecule has 0 bridgehead atoms. The standard InChI is InChI=1S/C9H10O3.Na.H/c1-7(9(10)12-11)8-5-3-2-4-6-8;;/h2-7,11H,1H3;;. The van der Waals surface area contributed by atoms with Gasteiger partial charge in [-0.3, -0.25) is 0 Å². The monoisotopic (exact) mass is 190 g/mol. The van der Waals surface area contributed by atoms with Gasteiger partial charge in [0.05, 0.1) is 5.92 Å². The zero-order valence-electron chi connectivity index (χ0n) is 6.73. The van der Waals surface area contributed by atoms with Crippen molar-refractivity contribution in [1.29, 1.82) is 0 Å². The second-order valence-electron chi connectivity index (χ2n) is 2.54. The Morgan fingerprint density at radius 3 is 2.38 bits per heavy atom. The molecular formula is C9H11NaO3. The SMILES string of the molecule is CC(C(=O)OO)c1ccccc1.[NaH]. The van der Waals surface area contributed by atoms with Gasteiger partial charge in [0, 0.05) is 0 Å². The van der Waals surface area contributed by atoms with Gasteiger partial charge in [-0.1, -0.05) is 30.3 Å². The zero-order valence-corrected chi connectivity index (χ0v) is 6.73. The summed E-state index contributed by atoms with van der Waals surface area (Å²) in [6.45, 7) is 1.67. The number of carbonyl (C=O) groups excluding carboxylic acids is 1. The van der Waals surface area contributed by atoms with Gasteiger partial charge in [-0.15, -0.1) is 0 Å². The molecule has 1 aromatic carbocycles. The van der Waals surface area contributed by atoms with Gasteiger partial charge in [0.15, 0.2) is 0 Å². The van der Waals surface area contributed by atoms with Crippen LogP contribution in [0.15, 0.2) is 30.3 Å². The van der Waals surface area contributed by atoms with Gasteiger partial charge >= 0.3 is 35.5 Å². The van der Waals surface area contributed by atoms with Crippen molar-refractivity contribution in [2.75, 3.05) is 0 Å². The van der Waals surface area contributed by atoms with Gasteiger partial charge in [0.2, 0.25) is 0 Å². The summed E-state index contributed by atoms with van der Waals surface area (Å²) < 4.78 is 0. The summed E-state index contributed by atoms with van der Waals surface area (Å²) >= 11 is 0. The molecule has 1 unspecified atom stereocenters. The fourth-order valence-electron chi connectivity index (χ4n) is 0.957. The summed E-state index contributed by atoms with van der Waals surface area (Å²) in [5, 5.41) is 8.12. The summed E-state index contributed by atoms with van der Waals surface area (Å²) in [6, 6.07) is 9.14. The van der Waals surface area contributed by atoms with Crippen LogP contribution in [0, 0.1) is 0 Å². The van der Waals surface area contributed by atoms with Crippen LogP contribution in [0.3, 0.4) is 0 Å². The molecule has 0 aliphatic carbocycles. The van der Waals surface area contributed by atoms with Crippen LogP contribution in [0.1, 0.15) is 18.4 Å². The second kappa shape index (κ2) is 6.16. The summed E-state index contributed by atoms with van der Waals surface area (Å²) in [5.74, 6) is -1.06. The molecule has 0 amide bonds. The Morgan fingerprint density at radius 1 is 1.38 bits per heavy atom. The van der Waals surface area contributed by atoms with Crippen molar-refractivity contribution < 1.29 is 14.9 Å². The van der Waals surface area contributed by atoms with Crippen molar-refractivity contribution in [2.24, 2.45) is 0 Å². The molecule has 0 fully saturated rings. The van der Waals surface area contributed by atoms with E-state index in [1.807, 2.05) is 30.3 Å². The quantitative estimate of drug-likeness (QED) is 0.432. The zero-order chi connectivity index (χ0) is 8.97. The van der Waals surface area contributed by atoms with Crippen LogP contribution < -0.4 is 0 Å². The molecule has 0 aliphatic heterocycles. The Labute approximate surface area is 98.9 Å². The molecule has 0 saturated heterocycles. The average Bonchev–Trinajstić information content (AvgIpc) is 2.17. The Bertz CT molecular complexity index is 261. The van der Waals surface area contributed by atoms with E-state index in [4.69, 9.17) is 5.26 Å². The first-order chi connectivity index (χ1) is 5.75. The summed E-state index contributed by atoms with van der Waals surface area (Å²) in [5.41, 5.74) is 0.830. The molecule has 3 nitrogen and oxygen atoms in total. The molecular weight excluding hydrogens is 179 g/mol. The van der Waals surface area contributed by atoms with Gasteiger partial charge in [0.25, 0.3) is 0 Å². The molecule has 1 aromatic rings. The van der Waals surface area contributed by atoms with Gasteiger partial charge in [-0.2, -0.15) is 5.26 Å². The Hall–Kier alpha value is -0.350. The number of hydrogen-bond acceptors (Lipinski definition) is 3. The van der Waals surface area contributed by atoms with Crippen LogP contribution in [0.25, 0.3) is 0 Å². The Kier molecular flexibility index (Phi) is 5.99. The normalized spacial score (nSPS) is 11.2. The van der Waals surface area contributed by atoms with Crippen molar-refractivity contribution in [3.8, 4) is 0 Å². The summed E-state index contributed by atoms with van der Waals surface area (Å²) in [4.78, 5) is 14.5. The van der Waals surface area contributed by atoms with E-state index in [1.165, 1.54) is 0 Å². The van der Waals surface area contributed by atoms with Gasteiger partial charge < -0.3 is 4.89 Å². The molecule has 66 valence electrons. The third-order valence-electron chi connectivity index (χ3n) is 1.74. The third kappa shape index (κ3) is 3.48. The molecule has 1 atom stereocenters. The summed E-state index contributed by atoms with van der Waals surface area (Å²) in [6.07, 6.45) is 0. The number of carbonyl (C=O) groups is 1. The number of benzene rings is 1. The van der Waals surface area contributed by atoms with E-state index in [2.05, 4.69) is 4.89 Å². The van der Waals surface area contributed by atoms with E-state index in [9.17, 15) is 4.79 Å². The number of rotatable bonds is 2. The van der Waals surface area contributed by atoms with Gasteiger partial charge in [-0.25, -0.2) is 4.79 Å². The first-order valence-electron chi connectivity index (χ1n) is 3.66. The van der Waals surface area contributed by atoms with Crippen molar-refractivity contribution in [3.63, 3.8) is 0 Å². The molecule has 0 radical (unpaired) electrons. The first kappa shape index (κ1) is 12.7. The first-order valence-corrected chi connectivity index (χ1v) is 3.66. The molecule has 1 rings (SSSR count). The van der Waals surface area contributed by atoms with Crippen LogP contribution in [-0.4, -0.2) is 40.8 Å². The molecule has 0 aromatic heterocycles. The maximum atomic E-state index is 10.8. The van der Waals surface area contributed by atoms with Crippen LogP contribution in [0.4, 0.5) is 0 Å². The van der Waals surface area contributed by atoms with E-state index in [0.717, 1.165) is 5.56 Å². The average molecular weight is 190 g/mol. The van der Waals surface area contributed by atoms with Crippen molar-refractivity contribution in [2.45, 2.75) is 12.8 Å². The van der Waals surface area contributed by atoms with Crippen molar-refractivity contribution in [3.05, 3.63) is 35.9 Å². The molecule has 1 N–H and O–H groups in total. The fraction of sp³-hybridized carbons (Fsp3) is 0.222. The van der Waals surface area contributed by atoms with E-state index in [1.54, 1.807) is 6.92 Å². The van der Waals surface area contributed by atoms with Gasteiger partial charge in [-0.05, 0) is 12.5 Å². The van der Waals surface area contributed by atoms with Crippen LogP contribution >= 0.6 is 0 Å². The predicted molar refractivity (Wildman–Crippen MR) is 50.7 cm³/mol. The maximum absolute atomic E-state index is 10.8. The van der Waals surface area contributed by atoms with Crippen molar-refractivity contribution in [1.82, 2.24) is 0 Å². The van der Waals surface area contributed by atoms with E-state index in [0.29, 0.717) is 0 Å². The predicted octanol–water partition coefficient (Wildman–Crippen LogP) is 1.16.